The predicted octanol–water partition coefficient (Wildman–Crippen LogP) is 3.77. The fraction of sp³-hybridized carbons (Fsp3) is 0.412. The summed E-state index contributed by atoms with van der Waals surface area (Å²) in [5, 5.41) is 0. The zero-order valence-electron chi connectivity index (χ0n) is 13.5. The van der Waals surface area contributed by atoms with Gasteiger partial charge in [-0.1, -0.05) is 20.8 Å². The molecule has 5 nitrogen and oxygen atoms in total. The maximum absolute atomic E-state index is 14.3. The van der Waals surface area contributed by atoms with Crippen molar-refractivity contribution >= 4 is 11.8 Å². The van der Waals surface area contributed by atoms with E-state index >= 15 is 0 Å². The topological polar surface area (TPSA) is 47.4 Å². The molecule has 0 bridgehead atoms. The van der Waals surface area contributed by atoms with Gasteiger partial charge >= 0.3 is 6.09 Å². The van der Waals surface area contributed by atoms with Crippen LogP contribution in [0.15, 0.2) is 36.9 Å². The highest BCUT2D eigenvalue weighted by atomic mass is 19.1. The molecule has 1 atom stereocenters. The van der Waals surface area contributed by atoms with E-state index in [2.05, 4.69) is 25.8 Å². The Bertz CT molecular complexity index is 707. The lowest BCUT2D eigenvalue weighted by atomic mass is 9.89. The minimum atomic E-state index is -0.422. The lowest BCUT2D eigenvalue weighted by molar-refractivity contribution is 0.114. The molecule has 2 aromatic rings. The Balaban J connectivity index is 1.80. The van der Waals surface area contributed by atoms with Crippen molar-refractivity contribution in [1.29, 1.82) is 0 Å². The number of amides is 1. The summed E-state index contributed by atoms with van der Waals surface area (Å²) in [6, 6.07) is 4.71. The van der Waals surface area contributed by atoms with Crippen molar-refractivity contribution in [3.05, 3.63) is 42.7 Å². The molecule has 1 aliphatic heterocycles. The first kappa shape index (κ1) is 15.5. The van der Waals surface area contributed by atoms with Gasteiger partial charge in [0.2, 0.25) is 0 Å². The Labute approximate surface area is 134 Å². The van der Waals surface area contributed by atoms with Gasteiger partial charge in [-0.25, -0.2) is 14.2 Å². The molecule has 6 heteroatoms. The average Bonchev–Trinajstić information content (AvgIpc) is 3.06. The molecule has 1 aromatic heterocycles. The summed E-state index contributed by atoms with van der Waals surface area (Å²) in [4.78, 5) is 17.5. The normalized spacial score (nSPS) is 18.3. The van der Waals surface area contributed by atoms with Crippen LogP contribution in [-0.4, -0.2) is 28.3 Å². The molecular weight excluding hydrogens is 297 g/mol. The van der Waals surface area contributed by atoms with E-state index in [0.717, 1.165) is 6.42 Å². The molecule has 1 saturated heterocycles. The van der Waals surface area contributed by atoms with Gasteiger partial charge in [-0.2, -0.15) is 0 Å². The first-order valence-electron chi connectivity index (χ1n) is 7.59. The van der Waals surface area contributed by atoms with Gasteiger partial charge < -0.3 is 9.30 Å². The lowest BCUT2D eigenvalue weighted by Crippen LogP contribution is -2.26. The third kappa shape index (κ3) is 3.36. The van der Waals surface area contributed by atoms with E-state index in [1.807, 2.05) is 0 Å². The number of rotatable bonds is 3. The number of ether oxygens (including phenoxy) is 1. The number of aromatic nitrogens is 2. The number of hydrogen-bond acceptors (Lipinski definition) is 3. The second-order valence-corrected chi connectivity index (χ2v) is 6.99. The summed E-state index contributed by atoms with van der Waals surface area (Å²) in [5.74, 6) is -0.410. The maximum Gasteiger partial charge on any atom is 0.414 e. The highest BCUT2D eigenvalue weighted by Gasteiger charge is 2.34. The van der Waals surface area contributed by atoms with Crippen LogP contribution in [-0.2, 0) is 4.74 Å². The number of carbonyl (C=O) groups is 1. The average molecular weight is 317 g/mol. The molecule has 2 heterocycles. The van der Waals surface area contributed by atoms with Crippen molar-refractivity contribution < 1.29 is 13.9 Å². The molecule has 0 radical (unpaired) electrons. The van der Waals surface area contributed by atoms with Gasteiger partial charge in [0, 0.05) is 12.4 Å². The van der Waals surface area contributed by atoms with E-state index < -0.39 is 11.9 Å². The van der Waals surface area contributed by atoms with E-state index in [0.29, 0.717) is 17.9 Å². The van der Waals surface area contributed by atoms with Gasteiger partial charge in [0.25, 0.3) is 0 Å². The van der Waals surface area contributed by atoms with E-state index in [1.54, 1.807) is 29.1 Å². The Morgan fingerprint density at radius 1 is 1.39 bits per heavy atom. The Hall–Kier alpha value is -2.37. The molecule has 0 spiro atoms. The Kier molecular flexibility index (Phi) is 3.83. The summed E-state index contributed by atoms with van der Waals surface area (Å²) in [5.41, 5.74) is 0.968. The van der Waals surface area contributed by atoms with Crippen LogP contribution in [0.5, 0.6) is 0 Å². The summed E-state index contributed by atoms with van der Waals surface area (Å²) in [6.07, 6.45) is 4.96. The summed E-state index contributed by atoms with van der Waals surface area (Å²) >= 11 is 0. The molecule has 1 aromatic carbocycles. The van der Waals surface area contributed by atoms with Crippen LogP contribution in [0.25, 0.3) is 5.69 Å². The van der Waals surface area contributed by atoms with Gasteiger partial charge in [0.1, 0.15) is 11.9 Å². The molecule has 0 unspecified atom stereocenters. The third-order valence-electron chi connectivity index (χ3n) is 3.74. The molecule has 23 heavy (non-hydrogen) atoms. The zero-order chi connectivity index (χ0) is 16.6. The largest absolute Gasteiger partial charge is 0.444 e. The zero-order valence-corrected chi connectivity index (χ0v) is 13.5. The van der Waals surface area contributed by atoms with Crippen molar-refractivity contribution in [2.24, 2.45) is 5.41 Å². The van der Waals surface area contributed by atoms with Crippen molar-refractivity contribution in [1.82, 2.24) is 9.55 Å². The molecule has 0 saturated carbocycles. The molecule has 0 N–H and O–H groups in total. The van der Waals surface area contributed by atoms with Gasteiger partial charge in [0.05, 0.1) is 24.2 Å². The van der Waals surface area contributed by atoms with Crippen LogP contribution < -0.4 is 4.90 Å². The van der Waals surface area contributed by atoms with Gasteiger partial charge in [0.15, 0.2) is 0 Å². The van der Waals surface area contributed by atoms with Crippen LogP contribution in [0.2, 0.25) is 0 Å². The van der Waals surface area contributed by atoms with Crippen LogP contribution in [0.3, 0.4) is 0 Å². The summed E-state index contributed by atoms with van der Waals surface area (Å²) in [6.45, 7) is 6.75. The van der Waals surface area contributed by atoms with E-state index in [1.165, 1.54) is 17.3 Å². The molecule has 3 rings (SSSR count). The summed E-state index contributed by atoms with van der Waals surface area (Å²) < 4.78 is 21.3. The lowest BCUT2D eigenvalue weighted by Gasteiger charge is -2.21. The van der Waals surface area contributed by atoms with E-state index in [9.17, 15) is 9.18 Å². The number of carbonyl (C=O) groups excluding carboxylic acids is 1. The third-order valence-corrected chi connectivity index (χ3v) is 3.74. The van der Waals surface area contributed by atoms with Crippen LogP contribution in [0, 0.1) is 11.2 Å². The number of anilines is 1. The number of hydrogen-bond donors (Lipinski definition) is 0. The highest BCUT2D eigenvalue weighted by Crippen LogP contribution is 2.30. The molecule has 122 valence electrons. The van der Waals surface area contributed by atoms with Crippen molar-refractivity contribution in [3.8, 4) is 5.69 Å². The predicted molar refractivity (Wildman–Crippen MR) is 85.2 cm³/mol. The minimum Gasteiger partial charge on any atom is -0.444 e. The molecular formula is C17H20FN3O2. The fourth-order valence-corrected chi connectivity index (χ4v) is 2.80. The van der Waals surface area contributed by atoms with Gasteiger partial charge in [-0.3, -0.25) is 4.90 Å². The molecule has 0 aliphatic carbocycles. The number of nitrogens with zero attached hydrogens (tertiary/aromatic N) is 3. The number of imidazole rings is 1. The first-order chi connectivity index (χ1) is 10.8. The Morgan fingerprint density at radius 3 is 2.78 bits per heavy atom. The van der Waals surface area contributed by atoms with E-state index in [4.69, 9.17) is 4.74 Å². The van der Waals surface area contributed by atoms with Crippen molar-refractivity contribution in [3.63, 3.8) is 0 Å². The van der Waals surface area contributed by atoms with Gasteiger partial charge in [-0.05, 0) is 30.0 Å². The quantitative estimate of drug-likeness (QED) is 0.865. The first-order valence-corrected chi connectivity index (χ1v) is 7.59. The van der Waals surface area contributed by atoms with Crippen molar-refractivity contribution in [2.75, 3.05) is 11.4 Å². The van der Waals surface area contributed by atoms with E-state index in [-0.39, 0.29) is 11.5 Å². The standard InChI is InChI=1S/C17H20FN3O2/c1-17(2,3)9-13-10-21(16(22)23-13)12-4-5-15(14(18)8-12)20-7-6-19-11-20/h4-8,11,13H,9-10H2,1-3H3/t13-/m1/s1. The minimum absolute atomic E-state index is 0.0670. The van der Waals surface area contributed by atoms with Crippen LogP contribution in [0.1, 0.15) is 27.2 Å². The van der Waals surface area contributed by atoms with Gasteiger partial charge in [-0.15, -0.1) is 0 Å². The number of halogens is 1. The second kappa shape index (κ2) is 5.68. The molecule has 1 aliphatic rings. The molecule has 1 fully saturated rings. The van der Waals surface area contributed by atoms with Crippen molar-refractivity contribution in [2.45, 2.75) is 33.3 Å². The Morgan fingerprint density at radius 2 is 2.17 bits per heavy atom. The summed E-state index contributed by atoms with van der Waals surface area (Å²) in [7, 11) is 0. The SMILES string of the molecule is CC(C)(C)C[C@@H]1CN(c2ccc(-n3ccnc3)c(F)c2)C(=O)O1. The maximum atomic E-state index is 14.3. The number of cyclic esters (lactones) is 1. The fourth-order valence-electron chi connectivity index (χ4n) is 2.80. The second-order valence-electron chi connectivity index (χ2n) is 6.99. The smallest absolute Gasteiger partial charge is 0.414 e. The monoisotopic (exact) mass is 317 g/mol. The van der Waals surface area contributed by atoms with Crippen LogP contribution in [0.4, 0.5) is 14.9 Å². The number of benzene rings is 1. The highest BCUT2D eigenvalue weighted by molar-refractivity contribution is 5.89. The van der Waals surface area contributed by atoms with Crippen LogP contribution >= 0.6 is 0 Å². The molecule has 1 amide bonds.